The maximum absolute atomic E-state index is 4.12. The number of benzene rings is 3. The van der Waals surface area contributed by atoms with Gasteiger partial charge in [-0.2, -0.15) is 10.2 Å². The second-order valence-corrected chi connectivity index (χ2v) is 8.35. The predicted molar refractivity (Wildman–Crippen MR) is 125 cm³/mol. The molecule has 1 aromatic heterocycles. The van der Waals surface area contributed by atoms with Crippen molar-refractivity contribution in [2.45, 2.75) is 38.4 Å². The molecule has 0 amide bonds. The number of fused-ring (bicyclic) bond motifs is 1. The fourth-order valence-electron chi connectivity index (χ4n) is 4.75. The fourth-order valence-corrected chi connectivity index (χ4v) is 4.75. The predicted octanol–water partition coefficient (Wildman–Crippen LogP) is 5.70. The van der Waals surface area contributed by atoms with Crippen LogP contribution < -0.4 is 0 Å². The lowest BCUT2D eigenvalue weighted by molar-refractivity contribution is 0.162. The summed E-state index contributed by atoms with van der Waals surface area (Å²) in [4.78, 5) is 2.66. The normalized spacial score (nSPS) is 15.6. The van der Waals surface area contributed by atoms with Crippen LogP contribution in [-0.4, -0.2) is 21.1 Å². The Morgan fingerprint density at radius 3 is 2.10 bits per heavy atom. The zero-order valence-corrected chi connectivity index (χ0v) is 17.7. The van der Waals surface area contributed by atoms with E-state index in [0.717, 1.165) is 31.5 Å². The molecule has 0 aliphatic heterocycles. The highest BCUT2D eigenvalue weighted by atomic mass is 15.2. The lowest BCUT2D eigenvalue weighted by Gasteiger charge is -2.36. The summed E-state index contributed by atoms with van der Waals surface area (Å²) in [6.07, 6.45) is 7.03. The lowest BCUT2D eigenvalue weighted by atomic mass is 9.83. The van der Waals surface area contributed by atoms with E-state index in [2.05, 4.69) is 100 Å². The SMILES string of the molecule is c1ccc(CN(Cc2ccccc2)[C@@H]2CCc3cccc(-c4ccnnc4)c3C2)cc1. The van der Waals surface area contributed by atoms with Crippen LogP contribution in [0.25, 0.3) is 11.1 Å². The first-order valence-corrected chi connectivity index (χ1v) is 11.1. The summed E-state index contributed by atoms with van der Waals surface area (Å²) in [6.45, 7) is 1.93. The number of hydrogen-bond acceptors (Lipinski definition) is 3. The van der Waals surface area contributed by atoms with Crippen molar-refractivity contribution in [1.82, 2.24) is 15.1 Å². The Balaban J connectivity index is 1.46. The quantitative estimate of drug-likeness (QED) is 0.412. The van der Waals surface area contributed by atoms with Crippen molar-refractivity contribution in [3.8, 4) is 11.1 Å². The van der Waals surface area contributed by atoms with Gasteiger partial charge in [-0.1, -0.05) is 78.9 Å². The Labute approximate surface area is 184 Å². The maximum Gasteiger partial charge on any atom is 0.0574 e. The van der Waals surface area contributed by atoms with E-state index in [-0.39, 0.29) is 0 Å². The van der Waals surface area contributed by atoms with Crippen molar-refractivity contribution in [2.75, 3.05) is 0 Å². The molecule has 0 spiro atoms. The molecule has 3 nitrogen and oxygen atoms in total. The van der Waals surface area contributed by atoms with E-state index in [1.54, 1.807) is 6.20 Å². The van der Waals surface area contributed by atoms with E-state index in [1.165, 1.54) is 34.2 Å². The molecule has 1 heterocycles. The second kappa shape index (κ2) is 9.23. The van der Waals surface area contributed by atoms with E-state index in [4.69, 9.17) is 0 Å². The first kappa shape index (κ1) is 19.7. The number of rotatable bonds is 6. The minimum absolute atomic E-state index is 0.504. The van der Waals surface area contributed by atoms with Crippen LogP contribution in [0.2, 0.25) is 0 Å². The molecule has 0 saturated carbocycles. The average Bonchev–Trinajstić information content (AvgIpc) is 2.85. The minimum Gasteiger partial charge on any atom is -0.292 e. The van der Waals surface area contributed by atoms with Gasteiger partial charge in [0.15, 0.2) is 0 Å². The highest BCUT2D eigenvalue weighted by molar-refractivity contribution is 5.68. The largest absolute Gasteiger partial charge is 0.292 e. The molecule has 3 aromatic carbocycles. The van der Waals surface area contributed by atoms with Crippen molar-refractivity contribution in [1.29, 1.82) is 0 Å². The molecule has 0 saturated heterocycles. The summed E-state index contributed by atoms with van der Waals surface area (Å²) in [5, 5.41) is 8.08. The Bertz CT molecular complexity index is 1070. The van der Waals surface area contributed by atoms with Gasteiger partial charge < -0.3 is 0 Å². The summed E-state index contributed by atoms with van der Waals surface area (Å²) in [6, 6.07) is 31.0. The van der Waals surface area contributed by atoms with Crippen molar-refractivity contribution in [3.63, 3.8) is 0 Å². The Kier molecular flexibility index (Phi) is 5.85. The van der Waals surface area contributed by atoms with Crippen LogP contribution in [-0.2, 0) is 25.9 Å². The van der Waals surface area contributed by atoms with E-state index in [9.17, 15) is 0 Å². The van der Waals surface area contributed by atoms with Crippen molar-refractivity contribution >= 4 is 0 Å². The second-order valence-electron chi connectivity index (χ2n) is 8.35. The summed E-state index contributed by atoms with van der Waals surface area (Å²) >= 11 is 0. The minimum atomic E-state index is 0.504. The molecule has 0 N–H and O–H groups in total. The van der Waals surface area contributed by atoms with Gasteiger partial charge in [0.1, 0.15) is 0 Å². The molecular formula is C28H27N3. The van der Waals surface area contributed by atoms with Crippen molar-refractivity contribution in [2.24, 2.45) is 0 Å². The van der Waals surface area contributed by atoms with E-state index in [1.807, 2.05) is 6.20 Å². The molecule has 0 bridgehead atoms. The van der Waals surface area contributed by atoms with Crippen LogP contribution in [0.1, 0.15) is 28.7 Å². The van der Waals surface area contributed by atoms with E-state index >= 15 is 0 Å². The Morgan fingerprint density at radius 1 is 0.742 bits per heavy atom. The fraction of sp³-hybridized carbons (Fsp3) is 0.214. The summed E-state index contributed by atoms with van der Waals surface area (Å²) in [7, 11) is 0. The molecule has 0 unspecified atom stereocenters. The smallest absolute Gasteiger partial charge is 0.0574 e. The highest BCUT2D eigenvalue weighted by Gasteiger charge is 2.26. The third kappa shape index (κ3) is 4.57. The van der Waals surface area contributed by atoms with Crippen LogP contribution >= 0.6 is 0 Å². The lowest BCUT2D eigenvalue weighted by Crippen LogP contribution is -2.38. The molecule has 154 valence electrons. The van der Waals surface area contributed by atoms with Crippen molar-refractivity contribution < 1.29 is 0 Å². The Hall–Kier alpha value is -3.30. The molecule has 31 heavy (non-hydrogen) atoms. The monoisotopic (exact) mass is 405 g/mol. The van der Waals surface area contributed by atoms with Crippen LogP contribution in [0.15, 0.2) is 97.3 Å². The number of aromatic nitrogens is 2. The van der Waals surface area contributed by atoms with Gasteiger partial charge in [-0.05, 0) is 53.1 Å². The summed E-state index contributed by atoms with van der Waals surface area (Å²) in [5.41, 5.74) is 8.15. The van der Waals surface area contributed by atoms with Crippen LogP contribution in [0.3, 0.4) is 0 Å². The molecule has 3 heteroatoms. The number of aryl methyl sites for hydroxylation is 1. The maximum atomic E-state index is 4.12. The van der Waals surface area contributed by atoms with Gasteiger partial charge in [0.05, 0.1) is 12.4 Å². The number of hydrogen-bond donors (Lipinski definition) is 0. The van der Waals surface area contributed by atoms with Gasteiger partial charge in [0.25, 0.3) is 0 Å². The van der Waals surface area contributed by atoms with E-state index < -0.39 is 0 Å². The van der Waals surface area contributed by atoms with Crippen LogP contribution in [0.4, 0.5) is 0 Å². The molecular weight excluding hydrogens is 378 g/mol. The molecule has 5 rings (SSSR count). The standard InChI is InChI=1S/C28H27N3/c1-3-8-22(9-4-1)20-31(21-23-10-5-2-6-11-23)26-15-14-24-12-7-13-27(28(24)18-26)25-16-17-29-30-19-25/h1-13,16-17,19,26H,14-15,18,20-21H2/t26-/m1/s1. The van der Waals surface area contributed by atoms with Crippen LogP contribution in [0, 0.1) is 0 Å². The molecule has 1 aliphatic rings. The van der Waals surface area contributed by atoms with Gasteiger partial charge in [-0.3, -0.25) is 4.90 Å². The van der Waals surface area contributed by atoms with Gasteiger partial charge in [0, 0.05) is 24.7 Å². The Morgan fingerprint density at radius 2 is 1.45 bits per heavy atom. The summed E-state index contributed by atoms with van der Waals surface area (Å²) < 4.78 is 0. The average molecular weight is 406 g/mol. The van der Waals surface area contributed by atoms with Crippen molar-refractivity contribution in [3.05, 3.63) is 120 Å². The van der Waals surface area contributed by atoms with Crippen LogP contribution in [0.5, 0.6) is 0 Å². The molecule has 4 aromatic rings. The molecule has 0 fully saturated rings. The van der Waals surface area contributed by atoms with Gasteiger partial charge >= 0.3 is 0 Å². The highest BCUT2D eigenvalue weighted by Crippen LogP contribution is 2.33. The third-order valence-corrected chi connectivity index (χ3v) is 6.33. The van der Waals surface area contributed by atoms with Gasteiger partial charge in [-0.25, -0.2) is 0 Å². The first-order chi connectivity index (χ1) is 15.4. The molecule has 1 aliphatic carbocycles. The third-order valence-electron chi connectivity index (χ3n) is 6.33. The van der Waals surface area contributed by atoms with E-state index in [0.29, 0.717) is 6.04 Å². The molecule has 1 atom stereocenters. The zero-order valence-electron chi connectivity index (χ0n) is 17.7. The molecule has 0 radical (unpaired) electrons. The number of nitrogens with zero attached hydrogens (tertiary/aromatic N) is 3. The first-order valence-electron chi connectivity index (χ1n) is 11.1. The summed E-state index contributed by atoms with van der Waals surface area (Å²) in [5.74, 6) is 0. The van der Waals surface area contributed by atoms with Gasteiger partial charge in [0.2, 0.25) is 0 Å². The topological polar surface area (TPSA) is 29.0 Å². The van der Waals surface area contributed by atoms with Gasteiger partial charge in [-0.15, -0.1) is 0 Å². The zero-order chi connectivity index (χ0) is 20.9.